The van der Waals surface area contributed by atoms with Gasteiger partial charge in [0.25, 0.3) is 5.88 Å². The Morgan fingerprint density at radius 1 is 1.27 bits per heavy atom. The van der Waals surface area contributed by atoms with Crippen LogP contribution in [0.4, 0.5) is 0 Å². The SMILES string of the molecule is CCCn1nc(OP(=S)(OCC)OCC)c(Cl)c1SC(C)C. The van der Waals surface area contributed by atoms with Crippen molar-refractivity contribution in [2.75, 3.05) is 13.2 Å². The van der Waals surface area contributed by atoms with Gasteiger partial charge in [0.15, 0.2) is 0 Å². The lowest BCUT2D eigenvalue weighted by Gasteiger charge is -2.19. The minimum Gasteiger partial charge on any atom is -0.402 e. The molecule has 1 aromatic rings. The minimum atomic E-state index is -2.86. The second-order valence-corrected chi connectivity index (χ2v) is 9.57. The van der Waals surface area contributed by atoms with Gasteiger partial charge in [0.2, 0.25) is 0 Å². The van der Waals surface area contributed by atoms with Crippen LogP contribution in [0.1, 0.15) is 41.0 Å². The number of rotatable bonds is 10. The topological polar surface area (TPSA) is 45.5 Å². The van der Waals surface area contributed by atoms with E-state index in [1.54, 1.807) is 11.8 Å². The van der Waals surface area contributed by atoms with Crippen LogP contribution in [-0.4, -0.2) is 28.2 Å². The molecule has 0 fully saturated rings. The lowest BCUT2D eigenvalue weighted by atomic mass is 10.5. The fraction of sp³-hybridized carbons (Fsp3) is 0.769. The Hall–Kier alpha value is 0.220. The molecule has 9 heteroatoms. The third-order valence-electron chi connectivity index (χ3n) is 2.38. The molecular formula is C13H24ClN2O3PS2. The van der Waals surface area contributed by atoms with Crippen LogP contribution in [0.5, 0.6) is 5.88 Å². The molecule has 0 amide bonds. The lowest BCUT2D eigenvalue weighted by molar-refractivity contribution is 0.215. The molecule has 0 aliphatic carbocycles. The minimum absolute atomic E-state index is 0.295. The largest absolute Gasteiger partial charge is 0.402 e. The molecule has 0 aromatic carbocycles. The molecule has 0 bridgehead atoms. The molecule has 0 saturated carbocycles. The van der Waals surface area contributed by atoms with Crippen LogP contribution in [-0.2, 0) is 27.4 Å². The predicted molar refractivity (Wildman–Crippen MR) is 96.7 cm³/mol. The highest BCUT2D eigenvalue weighted by Crippen LogP contribution is 2.52. The summed E-state index contributed by atoms with van der Waals surface area (Å²) in [6, 6.07) is 0. The van der Waals surface area contributed by atoms with E-state index < -0.39 is 6.72 Å². The molecule has 0 N–H and O–H groups in total. The van der Waals surface area contributed by atoms with Crippen LogP contribution >= 0.6 is 30.1 Å². The molecule has 0 aliphatic heterocycles. The molecule has 128 valence electrons. The van der Waals surface area contributed by atoms with Crippen molar-refractivity contribution < 1.29 is 13.6 Å². The summed E-state index contributed by atoms with van der Waals surface area (Å²) in [4.78, 5) is 0. The molecule has 0 saturated heterocycles. The normalized spacial score (nSPS) is 12.1. The van der Waals surface area contributed by atoms with Gasteiger partial charge in [0.05, 0.1) is 13.2 Å². The Balaban J connectivity index is 3.10. The predicted octanol–water partition coefficient (Wildman–Crippen LogP) is 5.12. The van der Waals surface area contributed by atoms with E-state index in [2.05, 4.69) is 25.9 Å². The van der Waals surface area contributed by atoms with Crippen LogP contribution < -0.4 is 4.52 Å². The highest BCUT2D eigenvalue weighted by Gasteiger charge is 2.27. The maximum Gasteiger partial charge on any atom is 0.381 e. The molecule has 1 heterocycles. The van der Waals surface area contributed by atoms with Gasteiger partial charge in [0.1, 0.15) is 10.0 Å². The third kappa shape index (κ3) is 5.69. The molecule has 0 spiro atoms. The number of hydrogen-bond acceptors (Lipinski definition) is 6. The maximum absolute atomic E-state index is 6.45. The third-order valence-corrected chi connectivity index (χ3v) is 6.34. The van der Waals surface area contributed by atoms with Gasteiger partial charge in [-0.15, -0.1) is 16.9 Å². The number of thioether (sulfide) groups is 1. The average molecular weight is 387 g/mol. The van der Waals surface area contributed by atoms with E-state index in [-0.39, 0.29) is 0 Å². The van der Waals surface area contributed by atoms with Crippen molar-refractivity contribution in [3.63, 3.8) is 0 Å². The monoisotopic (exact) mass is 386 g/mol. The molecule has 1 rings (SSSR count). The van der Waals surface area contributed by atoms with Gasteiger partial charge in [0, 0.05) is 23.6 Å². The van der Waals surface area contributed by atoms with E-state index >= 15 is 0 Å². The first-order valence-corrected chi connectivity index (χ1v) is 11.2. The van der Waals surface area contributed by atoms with Crippen molar-refractivity contribution >= 4 is 41.9 Å². The Bertz CT molecular complexity index is 516. The van der Waals surface area contributed by atoms with Gasteiger partial charge in [-0.05, 0) is 20.3 Å². The number of aromatic nitrogens is 2. The summed E-state index contributed by atoms with van der Waals surface area (Å²) < 4.78 is 18.6. The lowest BCUT2D eigenvalue weighted by Crippen LogP contribution is -2.04. The second-order valence-electron chi connectivity index (χ2n) is 4.69. The summed E-state index contributed by atoms with van der Waals surface area (Å²) in [7, 11) is 0. The first kappa shape index (κ1) is 20.3. The number of halogens is 1. The van der Waals surface area contributed by atoms with Gasteiger partial charge in [-0.3, -0.25) is 13.7 Å². The molecule has 0 aliphatic rings. The summed E-state index contributed by atoms with van der Waals surface area (Å²) in [6.45, 7) is 8.73. The highest BCUT2D eigenvalue weighted by molar-refractivity contribution is 8.07. The average Bonchev–Trinajstić information content (AvgIpc) is 2.68. The van der Waals surface area contributed by atoms with Crippen LogP contribution in [0.3, 0.4) is 0 Å². The molecule has 0 unspecified atom stereocenters. The summed E-state index contributed by atoms with van der Waals surface area (Å²) in [5.41, 5.74) is 0. The van der Waals surface area contributed by atoms with Crippen LogP contribution in [0.2, 0.25) is 5.02 Å². The quantitative estimate of drug-likeness (QED) is 0.410. The van der Waals surface area contributed by atoms with Crippen molar-refractivity contribution in [1.82, 2.24) is 9.78 Å². The van der Waals surface area contributed by atoms with Gasteiger partial charge in [-0.2, -0.15) is 0 Å². The van der Waals surface area contributed by atoms with Gasteiger partial charge >= 0.3 is 6.72 Å². The Kier molecular flexibility index (Phi) is 8.75. The van der Waals surface area contributed by atoms with Gasteiger partial charge in [-0.1, -0.05) is 32.4 Å². The first-order chi connectivity index (χ1) is 10.4. The number of aryl methyl sites for hydroxylation is 1. The fourth-order valence-corrected chi connectivity index (χ4v) is 4.92. The van der Waals surface area contributed by atoms with E-state index in [4.69, 9.17) is 37.0 Å². The van der Waals surface area contributed by atoms with Crippen molar-refractivity contribution in [2.24, 2.45) is 0 Å². The van der Waals surface area contributed by atoms with Crippen LogP contribution in [0.25, 0.3) is 0 Å². The smallest absolute Gasteiger partial charge is 0.381 e. The van der Waals surface area contributed by atoms with Crippen LogP contribution in [0, 0.1) is 0 Å². The Morgan fingerprint density at radius 3 is 2.32 bits per heavy atom. The first-order valence-electron chi connectivity index (χ1n) is 7.38. The molecule has 0 atom stereocenters. The summed E-state index contributed by atoms with van der Waals surface area (Å²) >= 11 is 13.5. The van der Waals surface area contributed by atoms with E-state index in [1.807, 2.05) is 18.5 Å². The van der Waals surface area contributed by atoms with E-state index in [0.29, 0.717) is 29.4 Å². The van der Waals surface area contributed by atoms with Gasteiger partial charge in [-0.25, -0.2) is 0 Å². The van der Waals surface area contributed by atoms with Crippen molar-refractivity contribution in [2.45, 2.75) is 57.9 Å². The Labute approximate surface area is 147 Å². The zero-order valence-electron chi connectivity index (χ0n) is 13.7. The Morgan fingerprint density at radius 2 is 1.86 bits per heavy atom. The molecule has 1 aromatic heterocycles. The van der Waals surface area contributed by atoms with Gasteiger partial charge < -0.3 is 4.52 Å². The van der Waals surface area contributed by atoms with E-state index in [1.165, 1.54) is 0 Å². The van der Waals surface area contributed by atoms with E-state index in [0.717, 1.165) is 18.0 Å². The van der Waals surface area contributed by atoms with Crippen molar-refractivity contribution in [1.29, 1.82) is 0 Å². The maximum atomic E-state index is 6.45. The molecular weight excluding hydrogens is 363 g/mol. The summed E-state index contributed by atoms with van der Waals surface area (Å²) in [5.74, 6) is 0.295. The van der Waals surface area contributed by atoms with Crippen molar-refractivity contribution in [3.8, 4) is 5.88 Å². The van der Waals surface area contributed by atoms with E-state index in [9.17, 15) is 0 Å². The summed E-state index contributed by atoms with van der Waals surface area (Å²) in [5, 5.41) is 6.20. The van der Waals surface area contributed by atoms with Crippen molar-refractivity contribution in [3.05, 3.63) is 5.02 Å². The zero-order chi connectivity index (χ0) is 16.8. The fourth-order valence-electron chi connectivity index (χ4n) is 1.67. The highest BCUT2D eigenvalue weighted by atomic mass is 35.5. The molecule has 0 radical (unpaired) electrons. The number of hydrogen-bond donors (Lipinski definition) is 0. The zero-order valence-corrected chi connectivity index (χ0v) is 16.9. The summed E-state index contributed by atoms with van der Waals surface area (Å²) in [6.07, 6.45) is 0.953. The molecule has 22 heavy (non-hydrogen) atoms. The molecule has 5 nitrogen and oxygen atoms in total. The van der Waals surface area contributed by atoms with Crippen LogP contribution in [0.15, 0.2) is 5.03 Å². The number of nitrogens with zero attached hydrogens (tertiary/aromatic N) is 2. The standard InChI is InChI=1S/C13H24ClN2O3PS2/c1-6-9-16-13(22-10(4)5)11(14)12(15-16)19-20(21,17-7-2)18-8-3/h10H,6-9H2,1-5H3. The second kappa shape index (κ2) is 9.50.